The Bertz CT molecular complexity index is 2520. The number of nitrogens with zero attached hydrogens (tertiary/aromatic N) is 4. The molecule has 0 saturated carbocycles. The molecular weight excluding hydrogens is 657 g/mol. The van der Waals surface area contributed by atoms with Gasteiger partial charge in [-0.1, -0.05) is 121 Å². The summed E-state index contributed by atoms with van der Waals surface area (Å²) in [4.78, 5) is 11.2. The molecule has 0 saturated heterocycles. The third kappa shape index (κ3) is 7.31. The second-order valence-corrected chi connectivity index (χ2v) is 13.7. The van der Waals surface area contributed by atoms with E-state index in [1.165, 1.54) is 55.9 Å². The standard InChI is InChI=1S/C50H42N4/c1-3-40(23-18-37(2)53-34-33-51-31-10-13-44-11-7-8-16-48(44)53)42-24-19-38(20-25-42)35-39-21-26-43(27-22-39)41-12-9-14-45(29-28-41)54-49-17-6-4-5-15-46(49)47-30-32-52-36-50(47)54/h1,4-8,10-12,14-16,18-33,36H,9,13,17,34-35H2,2H3/b31-10-,37-18+,40-23+,51-33?. The predicted molar refractivity (Wildman–Crippen MR) is 229 cm³/mol. The van der Waals surface area contributed by atoms with Crippen LogP contribution < -0.4 is 4.90 Å². The smallest absolute Gasteiger partial charge is 0.0721 e. The third-order valence-electron chi connectivity index (χ3n) is 10.3. The zero-order valence-electron chi connectivity index (χ0n) is 30.6. The van der Waals surface area contributed by atoms with Gasteiger partial charge in [0.25, 0.3) is 0 Å². The molecule has 0 amide bonds. The number of anilines is 1. The molecule has 0 spiro atoms. The highest BCUT2D eigenvalue weighted by Gasteiger charge is 2.18. The van der Waals surface area contributed by atoms with Crippen molar-refractivity contribution in [3.8, 4) is 12.3 Å². The molecule has 3 heterocycles. The Morgan fingerprint density at radius 2 is 1.69 bits per heavy atom. The molecule has 262 valence electrons. The highest BCUT2D eigenvalue weighted by Crippen LogP contribution is 2.34. The van der Waals surface area contributed by atoms with Gasteiger partial charge in [-0.15, -0.1) is 6.42 Å². The fraction of sp³-hybridized carbons (Fsp3) is 0.120. The van der Waals surface area contributed by atoms with Crippen LogP contribution in [-0.4, -0.2) is 22.3 Å². The Morgan fingerprint density at radius 3 is 2.54 bits per heavy atom. The summed E-state index contributed by atoms with van der Waals surface area (Å²) in [7, 11) is 0. The number of allylic oxidation sites excluding steroid dienone is 14. The van der Waals surface area contributed by atoms with Gasteiger partial charge in [0.15, 0.2) is 0 Å². The van der Waals surface area contributed by atoms with Crippen LogP contribution in [0.4, 0.5) is 5.69 Å². The van der Waals surface area contributed by atoms with Crippen LogP contribution in [0, 0.1) is 12.3 Å². The molecule has 3 aromatic carbocycles. The van der Waals surface area contributed by atoms with E-state index in [2.05, 4.69) is 172 Å². The molecule has 4 heteroatoms. The summed E-state index contributed by atoms with van der Waals surface area (Å²) in [5.74, 6) is 2.91. The fourth-order valence-corrected chi connectivity index (χ4v) is 7.49. The second-order valence-electron chi connectivity index (χ2n) is 13.7. The van der Waals surface area contributed by atoms with Gasteiger partial charge in [-0.2, -0.15) is 0 Å². The van der Waals surface area contributed by atoms with Gasteiger partial charge in [-0.05, 0) is 89.9 Å². The first kappa shape index (κ1) is 34.4. The van der Waals surface area contributed by atoms with E-state index >= 15 is 0 Å². The summed E-state index contributed by atoms with van der Waals surface area (Å²) in [6.45, 7) is 2.81. The fourth-order valence-electron chi connectivity index (χ4n) is 7.49. The van der Waals surface area contributed by atoms with Crippen LogP contribution in [0.5, 0.6) is 0 Å². The van der Waals surface area contributed by atoms with Crippen LogP contribution in [0.15, 0.2) is 169 Å². The summed E-state index contributed by atoms with van der Waals surface area (Å²) in [5.41, 5.74) is 15.3. The maximum Gasteiger partial charge on any atom is 0.0721 e. The molecule has 2 aromatic heterocycles. The van der Waals surface area contributed by atoms with Gasteiger partial charge in [-0.25, -0.2) is 0 Å². The Kier molecular flexibility index (Phi) is 10.1. The largest absolute Gasteiger partial charge is 0.340 e. The molecule has 54 heavy (non-hydrogen) atoms. The zero-order valence-corrected chi connectivity index (χ0v) is 30.6. The van der Waals surface area contributed by atoms with Crippen molar-refractivity contribution in [2.24, 2.45) is 4.99 Å². The van der Waals surface area contributed by atoms with E-state index < -0.39 is 0 Å². The Balaban J connectivity index is 0.944. The number of aliphatic imine (C=N–C) groups is 1. The van der Waals surface area contributed by atoms with Crippen LogP contribution in [0.1, 0.15) is 52.4 Å². The monoisotopic (exact) mass is 698 g/mol. The van der Waals surface area contributed by atoms with E-state index in [-0.39, 0.29) is 0 Å². The van der Waals surface area contributed by atoms with E-state index in [9.17, 15) is 0 Å². The Hall–Kier alpha value is -6.70. The number of benzene rings is 3. The molecule has 0 fully saturated rings. The molecule has 2 aliphatic carbocycles. The SMILES string of the molecule is C#C/C(=C\C=C(/C)N1CC=N/C=C\Cc2ccccc21)c1ccc(Cc2ccc(C3=CCC=C(n4c5c(c6ccncc64)C=CC=CC5)C=C3)cc2)cc1. The molecule has 1 aliphatic heterocycles. The maximum atomic E-state index is 6.03. The van der Waals surface area contributed by atoms with Crippen LogP contribution in [0.3, 0.4) is 0 Å². The number of hydrogen-bond donors (Lipinski definition) is 0. The molecule has 0 bridgehead atoms. The number of fused-ring (bicyclic) bond motifs is 4. The van der Waals surface area contributed by atoms with Crippen molar-refractivity contribution in [1.29, 1.82) is 0 Å². The topological polar surface area (TPSA) is 33.4 Å². The molecule has 0 unspecified atom stereocenters. The van der Waals surface area contributed by atoms with Crippen LogP contribution in [0.2, 0.25) is 0 Å². The van der Waals surface area contributed by atoms with Gasteiger partial charge in [0.1, 0.15) is 0 Å². The summed E-state index contributed by atoms with van der Waals surface area (Å²) in [6.07, 6.45) is 41.2. The first-order valence-corrected chi connectivity index (χ1v) is 18.6. The van der Waals surface area contributed by atoms with Gasteiger partial charge in [0.05, 0.1) is 18.3 Å². The number of terminal acetylenes is 1. The third-order valence-corrected chi connectivity index (χ3v) is 10.3. The molecule has 0 atom stereocenters. The zero-order chi connectivity index (χ0) is 36.7. The minimum absolute atomic E-state index is 0.687. The van der Waals surface area contributed by atoms with Gasteiger partial charge in [0.2, 0.25) is 0 Å². The molecule has 3 aliphatic rings. The minimum atomic E-state index is 0.687. The number of aromatic nitrogens is 2. The summed E-state index contributed by atoms with van der Waals surface area (Å²) in [6, 6.07) is 28.2. The first-order chi connectivity index (χ1) is 26.7. The minimum Gasteiger partial charge on any atom is -0.340 e. The second kappa shape index (κ2) is 15.9. The average Bonchev–Trinajstić information content (AvgIpc) is 3.34. The maximum absolute atomic E-state index is 6.03. The number of hydrogen-bond acceptors (Lipinski definition) is 3. The van der Waals surface area contributed by atoms with Crippen molar-refractivity contribution >= 4 is 45.7 Å². The van der Waals surface area contributed by atoms with E-state index in [0.29, 0.717) is 6.54 Å². The summed E-state index contributed by atoms with van der Waals surface area (Å²) < 4.78 is 2.38. The Morgan fingerprint density at radius 1 is 0.852 bits per heavy atom. The molecule has 0 N–H and O–H groups in total. The quantitative estimate of drug-likeness (QED) is 0.125. The van der Waals surface area contributed by atoms with Crippen LogP contribution >= 0.6 is 0 Å². The van der Waals surface area contributed by atoms with Crippen molar-refractivity contribution in [2.75, 3.05) is 11.4 Å². The van der Waals surface area contributed by atoms with Crippen molar-refractivity contribution < 1.29 is 0 Å². The van der Waals surface area contributed by atoms with E-state index in [1.807, 2.05) is 30.9 Å². The molecule has 4 nitrogen and oxygen atoms in total. The number of para-hydroxylation sites is 1. The van der Waals surface area contributed by atoms with E-state index in [1.54, 1.807) is 0 Å². The molecular formula is C50H42N4. The first-order valence-electron chi connectivity index (χ1n) is 18.6. The van der Waals surface area contributed by atoms with E-state index in [4.69, 9.17) is 6.42 Å². The lowest BCUT2D eigenvalue weighted by Crippen LogP contribution is -2.24. The highest BCUT2D eigenvalue weighted by molar-refractivity contribution is 5.95. The van der Waals surface area contributed by atoms with Crippen molar-refractivity contribution in [3.05, 3.63) is 203 Å². The van der Waals surface area contributed by atoms with Crippen molar-refractivity contribution in [1.82, 2.24) is 9.55 Å². The van der Waals surface area contributed by atoms with Crippen LogP contribution in [0.25, 0.3) is 33.8 Å². The molecule has 5 aromatic rings. The van der Waals surface area contributed by atoms with Gasteiger partial charge in [-0.3, -0.25) is 9.98 Å². The predicted octanol–water partition coefficient (Wildman–Crippen LogP) is 11.2. The van der Waals surface area contributed by atoms with Gasteiger partial charge in [0, 0.05) is 64.3 Å². The van der Waals surface area contributed by atoms with Crippen molar-refractivity contribution in [3.63, 3.8) is 0 Å². The van der Waals surface area contributed by atoms with Crippen molar-refractivity contribution in [2.45, 2.75) is 32.6 Å². The van der Waals surface area contributed by atoms with E-state index in [0.717, 1.165) is 48.0 Å². The van der Waals surface area contributed by atoms with Gasteiger partial charge < -0.3 is 9.47 Å². The lowest BCUT2D eigenvalue weighted by atomic mass is 9.98. The molecule has 8 rings (SSSR count). The molecule has 0 radical (unpaired) electrons. The van der Waals surface area contributed by atoms with Gasteiger partial charge >= 0.3 is 0 Å². The van der Waals surface area contributed by atoms with Crippen LogP contribution in [-0.2, 0) is 19.3 Å². The average molecular weight is 699 g/mol. The lowest BCUT2D eigenvalue weighted by molar-refractivity contribution is 1.02. The Labute approximate surface area is 318 Å². The summed E-state index contributed by atoms with van der Waals surface area (Å²) >= 11 is 0. The normalized spacial score (nSPS) is 16.3. The lowest BCUT2D eigenvalue weighted by Gasteiger charge is -2.26. The summed E-state index contributed by atoms with van der Waals surface area (Å²) in [5, 5.41) is 1.24. The highest BCUT2D eigenvalue weighted by atomic mass is 15.1. The number of rotatable bonds is 7. The number of pyridine rings is 1.